The number of aliphatic hydroxyl groups excluding tert-OH is 2. The van der Waals surface area contributed by atoms with Crippen molar-refractivity contribution in [2.24, 2.45) is 5.92 Å². The summed E-state index contributed by atoms with van der Waals surface area (Å²) in [6, 6.07) is 0. The molecule has 0 saturated carbocycles. The molecule has 0 aromatic carbocycles. The van der Waals surface area contributed by atoms with Crippen LogP contribution in [0.1, 0.15) is 201 Å². The highest BCUT2D eigenvalue weighted by atomic mass is 16.6. The van der Waals surface area contributed by atoms with Crippen molar-refractivity contribution >= 4 is 11.9 Å². The van der Waals surface area contributed by atoms with Gasteiger partial charge in [0.25, 0.3) is 0 Å². The number of carbonyl (C=O) groups is 2. The Morgan fingerprint density at radius 1 is 0.537 bits per heavy atom. The Morgan fingerprint density at radius 3 is 1.54 bits per heavy atom. The van der Waals surface area contributed by atoms with Crippen molar-refractivity contribution in [1.29, 1.82) is 0 Å². The van der Waals surface area contributed by atoms with Gasteiger partial charge in [-0.05, 0) is 50.9 Å². The quantitative estimate of drug-likeness (QED) is 0.0281. The van der Waals surface area contributed by atoms with Gasteiger partial charge in [0.1, 0.15) is 19.3 Å². The van der Waals surface area contributed by atoms with E-state index >= 15 is 0 Å². The molecule has 0 spiro atoms. The average Bonchev–Trinajstić information content (AvgIpc) is 3.17. The van der Waals surface area contributed by atoms with Crippen LogP contribution in [0.15, 0.2) is 60.8 Å². The third-order valence-corrected chi connectivity index (χ3v) is 9.89. The van der Waals surface area contributed by atoms with Crippen molar-refractivity contribution < 1.29 is 29.3 Å². The number of aliphatic hydroxyl groups is 2. The molecule has 0 fully saturated rings. The number of carbonyl (C=O) groups excluding carboxylic acids is 2. The van der Waals surface area contributed by atoms with Crippen LogP contribution in [0.3, 0.4) is 0 Å². The summed E-state index contributed by atoms with van der Waals surface area (Å²) in [6.07, 6.45) is 50.3. The van der Waals surface area contributed by atoms with Crippen LogP contribution in [0.4, 0.5) is 0 Å². The van der Waals surface area contributed by atoms with E-state index < -0.39 is 12.2 Å². The number of allylic oxidation sites excluding steroid dienone is 8. The Labute approximate surface area is 333 Å². The van der Waals surface area contributed by atoms with Crippen LogP contribution >= 0.6 is 0 Å². The molecule has 0 heterocycles. The minimum atomic E-state index is -1.01. The monoisotopic (exact) mass is 757 g/mol. The van der Waals surface area contributed by atoms with Crippen molar-refractivity contribution in [2.45, 2.75) is 213 Å². The summed E-state index contributed by atoms with van der Waals surface area (Å²) >= 11 is 0. The minimum Gasteiger partial charge on any atom is -0.463 e. The number of hydrogen-bond acceptors (Lipinski definition) is 6. The molecule has 0 radical (unpaired) electrons. The van der Waals surface area contributed by atoms with Gasteiger partial charge < -0.3 is 19.7 Å². The number of rotatable bonds is 39. The van der Waals surface area contributed by atoms with Crippen LogP contribution in [0.25, 0.3) is 0 Å². The van der Waals surface area contributed by atoms with E-state index in [4.69, 9.17) is 9.47 Å². The van der Waals surface area contributed by atoms with Gasteiger partial charge in [0.2, 0.25) is 0 Å². The maximum atomic E-state index is 12.0. The highest BCUT2D eigenvalue weighted by molar-refractivity contribution is 5.69. The molecule has 6 nitrogen and oxygen atoms in total. The Kier molecular flexibility index (Phi) is 39.8. The first-order valence-electron chi connectivity index (χ1n) is 22.3. The fourth-order valence-electron chi connectivity index (χ4n) is 6.12. The van der Waals surface area contributed by atoms with Gasteiger partial charge in [-0.25, -0.2) is 0 Å². The second kappa shape index (κ2) is 41.7. The fraction of sp³-hybridized carbons (Fsp3) is 0.750. The zero-order chi connectivity index (χ0) is 39.6. The van der Waals surface area contributed by atoms with Gasteiger partial charge in [0.05, 0.1) is 6.10 Å². The van der Waals surface area contributed by atoms with Crippen LogP contribution in [0, 0.1) is 5.92 Å². The predicted octanol–water partition coefficient (Wildman–Crippen LogP) is 13.2. The molecular formula is C48H84O6. The molecule has 2 unspecified atom stereocenters. The van der Waals surface area contributed by atoms with E-state index in [1.807, 2.05) is 36.5 Å². The number of hydrogen-bond donors (Lipinski definition) is 2. The van der Waals surface area contributed by atoms with Crippen LogP contribution in [-0.2, 0) is 19.1 Å². The van der Waals surface area contributed by atoms with E-state index in [0.717, 1.165) is 50.9 Å². The normalized spacial score (nSPS) is 13.9. The third-order valence-electron chi connectivity index (χ3n) is 9.89. The summed E-state index contributed by atoms with van der Waals surface area (Å²) in [5.74, 6) is 0.244. The highest BCUT2D eigenvalue weighted by Gasteiger charge is 2.12. The molecule has 0 aliphatic rings. The zero-order valence-corrected chi connectivity index (χ0v) is 35.2. The Balaban J connectivity index is 3.53. The van der Waals surface area contributed by atoms with E-state index in [1.54, 1.807) is 6.08 Å². The van der Waals surface area contributed by atoms with E-state index in [9.17, 15) is 19.8 Å². The van der Waals surface area contributed by atoms with Crippen molar-refractivity contribution in [3.8, 4) is 0 Å². The Bertz CT molecular complexity index is 980. The predicted molar refractivity (Wildman–Crippen MR) is 229 cm³/mol. The number of unbranched alkanes of at least 4 members (excludes halogenated alkanes) is 18. The Morgan fingerprint density at radius 2 is 1.00 bits per heavy atom. The van der Waals surface area contributed by atoms with Crippen molar-refractivity contribution in [3.05, 3.63) is 60.8 Å². The summed E-state index contributed by atoms with van der Waals surface area (Å²) in [5, 5.41) is 20.0. The van der Waals surface area contributed by atoms with Crippen LogP contribution < -0.4 is 0 Å². The lowest BCUT2D eigenvalue weighted by Crippen LogP contribution is -2.25. The van der Waals surface area contributed by atoms with Crippen molar-refractivity contribution in [1.82, 2.24) is 0 Å². The molecule has 312 valence electrons. The molecule has 0 aromatic rings. The molecule has 0 rings (SSSR count). The maximum Gasteiger partial charge on any atom is 0.305 e. The van der Waals surface area contributed by atoms with Crippen molar-refractivity contribution in [3.63, 3.8) is 0 Å². The van der Waals surface area contributed by atoms with E-state index in [-0.39, 0.29) is 31.6 Å². The van der Waals surface area contributed by atoms with Crippen LogP contribution in [-0.4, -0.2) is 47.6 Å². The molecule has 0 bridgehead atoms. The van der Waals surface area contributed by atoms with Gasteiger partial charge in [-0.2, -0.15) is 0 Å². The molecular weight excluding hydrogens is 673 g/mol. The van der Waals surface area contributed by atoms with E-state index in [2.05, 4.69) is 39.0 Å². The first-order chi connectivity index (χ1) is 26.4. The topological polar surface area (TPSA) is 93.1 Å². The molecule has 3 atom stereocenters. The highest BCUT2D eigenvalue weighted by Crippen LogP contribution is 2.17. The SMILES string of the molecule is CC/C=C\C/C=C\CC(O)/C=C/C=C\C/C=C\CCCC(=O)OC[C@H](O)COC(=O)CCCCCCCCCCCCCCCCCCCCC(C)CC. The Hall–Kier alpha value is -2.44. The third kappa shape index (κ3) is 40.7. The minimum absolute atomic E-state index is 0.150. The first kappa shape index (κ1) is 51.6. The molecule has 54 heavy (non-hydrogen) atoms. The molecule has 0 aliphatic heterocycles. The molecule has 2 N–H and O–H groups in total. The fourth-order valence-corrected chi connectivity index (χ4v) is 6.12. The van der Waals surface area contributed by atoms with E-state index in [1.165, 1.54) is 109 Å². The van der Waals surface area contributed by atoms with Gasteiger partial charge in [0, 0.05) is 12.8 Å². The summed E-state index contributed by atoms with van der Waals surface area (Å²) in [7, 11) is 0. The van der Waals surface area contributed by atoms with Crippen LogP contribution in [0.5, 0.6) is 0 Å². The number of esters is 2. The van der Waals surface area contributed by atoms with Crippen molar-refractivity contribution in [2.75, 3.05) is 13.2 Å². The molecule has 6 heteroatoms. The molecule has 0 saturated heterocycles. The van der Waals surface area contributed by atoms with Crippen LogP contribution in [0.2, 0.25) is 0 Å². The van der Waals surface area contributed by atoms with Gasteiger partial charge in [0.15, 0.2) is 0 Å². The molecule has 0 aromatic heterocycles. The second-order valence-electron chi connectivity index (χ2n) is 15.2. The molecule has 0 amide bonds. The molecule has 0 aliphatic carbocycles. The largest absolute Gasteiger partial charge is 0.463 e. The van der Waals surface area contributed by atoms with Gasteiger partial charge in [-0.15, -0.1) is 0 Å². The standard InChI is InChI=1S/C48H84O6/c1-4-6-7-8-28-33-38-45(49)39-34-29-24-21-22-26-31-36-41-48(52)54-43-46(50)42-53-47(51)40-35-30-25-20-18-16-14-12-10-9-11-13-15-17-19-23-27-32-37-44(3)5-2/h6-7,22,24,26,28-29,33-34,39,44-46,49-50H,4-5,8-21,23,25,27,30-32,35-38,40-43H2,1-3H3/b7-6-,26-22-,29-24-,33-28-,39-34+/t44?,45?,46-/m1/s1. The van der Waals surface area contributed by atoms with Gasteiger partial charge in [-0.1, -0.05) is 204 Å². The van der Waals surface area contributed by atoms with Gasteiger partial charge >= 0.3 is 11.9 Å². The summed E-state index contributed by atoms with van der Waals surface area (Å²) in [4.78, 5) is 24.0. The lowest BCUT2D eigenvalue weighted by atomic mass is 9.99. The van der Waals surface area contributed by atoms with E-state index in [0.29, 0.717) is 19.3 Å². The number of ether oxygens (including phenoxy) is 2. The summed E-state index contributed by atoms with van der Waals surface area (Å²) in [6.45, 7) is 6.47. The first-order valence-corrected chi connectivity index (χ1v) is 22.3. The second-order valence-corrected chi connectivity index (χ2v) is 15.2. The maximum absolute atomic E-state index is 12.0. The van der Waals surface area contributed by atoms with Gasteiger partial charge in [-0.3, -0.25) is 9.59 Å². The lowest BCUT2D eigenvalue weighted by molar-refractivity contribution is -0.152. The smallest absolute Gasteiger partial charge is 0.305 e. The lowest BCUT2D eigenvalue weighted by Gasteiger charge is -2.12. The summed E-state index contributed by atoms with van der Waals surface area (Å²) < 4.78 is 10.3. The summed E-state index contributed by atoms with van der Waals surface area (Å²) in [5.41, 5.74) is 0. The zero-order valence-electron chi connectivity index (χ0n) is 35.2. The average molecular weight is 757 g/mol.